The van der Waals surface area contributed by atoms with E-state index in [1.165, 1.54) is 142 Å². The maximum Gasteiger partial charge on any atom is -0.000740 e. The van der Waals surface area contributed by atoms with Gasteiger partial charge in [0.2, 0.25) is 0 Å². The van der Waals surface area contributed by atoms with Gasteiger partial charge in [-0.3, -0.25) is 0 Å². The lowest BCUT2D eigenvalue weighted by atomic mass is 9.79. The first-order valence-electron chi connectivity index (χ1n) is 21.7. The molecule has 0 heterocycles. The van der Waals surface area contributed by atoms with E-state index in [-0.39, 0.29) is 0 Å². The van der Waals surface area contributed by atoms with E-state index < -0.39 is 0 Å². The molecular weight excluding hydrogens is 745 g/mol. The number of hydrogen-bond donors (Lipinski definition) is 0. The quantitative estimate of drug-likeness (QED) is 0.123. The van der Waals surface area contributed by atoms with Gasteiger partial charge in [-0.25, -0.2) is 0 Å². The topological polar surface area (TPSA) is 0 Å². The average Bonchev–Trinajstić information content (AvgIpc) is 3.67. The van der Waals surface area contributed by atoms with E-state index in [9.17, 15) is 0 Å². The Bertz CT molecular complexity index is 3750. The van der Waals surface area contributed by atoms with Gasteiger partial charge in [0.1, 0.15) is 0 Å². The Morgan fingerprint density at radius 2 is 0.597 bits per heavy atom. The smallest absolute Gasteiger partial charge is 0.000740 e. The fraction of sp³-hybridized carbons (Fsp3) is 0. The molecule has 0 unspecified atom stereocenters. The van der Waals surface area contributed by atoms with E-state index in [1.807, 2.05) is 0 Å². The van der Waals surface area contributed by atoms with Gasteiger partial charge >= 0.3 is 0 Å². The van der Waals surface area contributed by atoms with E-state index in [1.54, 1.807) is 0 Å². The first kappa shape index (κ1) is 33.7. The van der Waals surface area contributed by atoms with Crippen molar-refractivity contribution in [3.63, 3.8) is 0 Å². The zero-order valence-corrected chi connectivity index (χ0v) is 33.8. The predicted octanol–water partition coefficient (Wildman–Crippen LogP) is 17.5. The highest BCUT2D eigenvalue weighted by atomic mass is 14.4. The third-order valence-corrected chi connectivity index (χ3v) is 13.9. The van der Waals surface area contributed by atoms with Crippen LogP contribution >= 0.6 is 0 Å². The van der Waals surface area contributed by atoms with Crippen LogP contribution in [0.1, 0.15) is 0 Å². The molecule has 0 radical (unpaired) electrons. The largest absolute Gasteiger partial charge is 0.0622 e. The summed E-state index contributed by atoms with van der Waals surface area (Å²) in [4.78, 5) is 0. The maximum absolute atomic E-state index is 2.52. The summed E-state index contributed by atoms with van der Waals surface area (Å²) in [5.74, 6) is 0. The van der Waals surface area contributed by atoms with Crippen LogP contribution in [0.4, 0.5) is 0 Å². The number of benzene rings is 13. The van der Waals surface area contributed by atoms with Gasteiger partial charge in [-0.1, -0.05) is 194 Å². The highest BCUT2D eigenvalue weighted by molar-refractivity contribution is 6.39. The van der Waals surface area contributed by atoms with E-state index in [2.05, 4.69) is 218 Å². The molecule has 0 atom stereocenters. The number of rotatable bonds is 4. The van der Waals surface area contributed by atoms with Crippen LogP contribution in [0.15, 0.2) is 218 Å². The molecule has 0 N–H and O–H groups in total. The van der Waals surface area contributed by atoms with Gasteiger partial charge < -0.3 is 0 Å². The molecule has 0 saturated carbocycles. The molecule has 14 rings (SSSR count). The van der Waals surface area contributed by atoms with Crippen molar-refractivity contribution in [2.75, 3.05) is 0 Å². The summed E-state index contributed by atoms with van der Waals surface area (Å²) in [5, 5.41) is 18.1. The summed E-state index contributed by atoms with van der Waals surface area (Å²) in [6.07, 6.45) is 0. The highest BCUT2D eigenvalue weighted by Crippen LogP contribution is 2.60. The molecule has 62 heavy (non-hydrogen) atoms. The Kier molecular flexibility index (Phi) is 6.92. The van der Waals surface area contributed by atoms with Crippen molar-refractivity contribution >= 4 is 75.4 Å². The molecule has 0 saturated heterocycles. The molecular formula is C62H36. The Morgan fingerprint density at radius 1 is 0.177 bits per heavy atom. The fourth-order valence-corrected chi connectivity index (χ4v) is 11.2. The number of hydrogen-bond acceptors (Lipinski definition) is 0. The zero-order chi connectivity index (χ0) is 40.5. The minimum atomic E-state index is 1.21. The van der Waals surface area contributed by atoms with Gasteiger partial charge in [0.25, 0.3) is 0 Å². The van der Waals surface area contributed by atoms with Crippen molar-refractivity contribution in [2.24, 2.45) is 0 Å². The van der Waals surface area contributed by atoms with Crippen LogP contribution in [0.2, 0.25) is 0 Å². The van der Waals surface area contributed by atoms with Gasteiger partial charge in [-0.2, -0.15) is 0 Å². The van der Waals surface area contributed by atoms with Gasteiger partial charge in [-0.05, 0) is 166 Å². The SMILES string of the molecule is c1ccc(-c2cc3c(-c4ccc5ccccc5c4)c4c(c(-c5ccc6ccccc6c5)c3cc2-c2ccccc2)-c2ccc3c5cccc6cccc(c7ccc-4c2c73)c65)cc1. The molecule has 0 nitrogen and oxygen atoms in total. The van der Waals surface area contributed by atoms with Crippen molar-refractivity contribution in [1.29, 1.82) is 0 Å². The van der Waals surface area contributed by atoms with Gasteiger partial charge in [-0.15, -0.1) is 0 Å². The standard InChI is InChI=1S/C62H36/c1-3-15-39(16-4-1)52-35-54-55(36-53(52)40-17-5-2-6-18-40)58(45-28-26-38-14-8-10-20-43(38)34-45)62-51-32-30-49-47-24-12-22-41-21-11-23-46(56(41)47)48-29-31-50(60(51)59(48)49)61(62)57(54)44-27-25-37-13-7-9-19-42(37)33-44/h1-36H. The third kappa shape index (κ3) is 4.67. The van der Waals surface area contributed by atoms with Crippen LogP contribution in [0.5, 0.6) is 0 Å². The number of fused-ring (bicyclic) bond motifs is 8. The lowest BCUT2D eigenvalue weighted by Gasteiger charge is -2.23. The normalized spacial score (nSPS) is 12.2. The van der Waals surface area contributed by atoms with Crippen molar-refractivity contribution in [3.8, 4) is 66.8 Å². The lowest BCUT2D eigenvalue weighted by Crippen LogP contribution is -1.96. The monoisotopic (exact) mass is 780 g/mol. The summed E-state index contributed by atoms with van der Waals surface area (Å²) in [7, 11) is 0. The van der Waals surface area contributed by atoms with Crippen molar-refractivity contribution in [1.82, 2.24) is 0 Å². The van der Waals surface area contributed by atoms with Gasteiger partial charge in [0.05, 0.1) is 0 Å². The lowest BCUT2D eigenvalue weighted by molar-refractivity contribution is 1.59. The summed E-state index contributed by atoms with van der Waals surface area (Å²) in [6, 6.07) is 82.1. The maximum atomic E-state index is 2.52. The molecule has 0 amide bonds. The molecule has 0 aliphatic heterocycles. The third-order valence-electron chi connectivity index (χ3n) is 13.9. The second-order valence-electron chi connectivity index (χ2n) is 17.1. The fourth-order valence-electron chi connectivity index (χ4n) is 11.2. The Morgan fingerprint density at radius 3 is 1.08 bits per heavy atom. The Labute approximate surface area is 358 Å². The van der Waals surface area contributed by atoms with E-state index in [4.69, 9.17) is 0 Å². The molecule has 0 bridgehead atoms. The van der Waals surface area contributed by atoms with Crippen molar-refractivity contribution in [3.05, 3.63) is 218 Å². The van der Waals surface area contributed by atoms with Crippen molar-refractivity contribution < 1.29 is 0 Å². The van der Waals surface area contributed by atoms with E-state index in [0.29, 0.717) is 0 Å². The van der Waals surface area contributed by atoms with Gasteiger partial charge in [0.15, 0.2) is 0 Å². The molecule has 0 heteroatoms. The Balaban J connectivity index is 1.22. The van der Waals surface area contributed by atoms with Crippen LogP contribution in [-0.4, -0.2) is 0 Å². The van der Waals surface area contributed by atoms with Crippen LogP contribution in [0.3, 0.4) is 0 Å². The summed E-state index contributed by atoms with van der Waals surface area (Å²) in [6.45, 7) is 0. The first-order chi connectivity index (χ1) is 30.8. The van der Waals surface area contributed by atoms with Crippen molar-refractivity contribution in [2.45, 2.75) is 0 Å². The molecule has 0 aromatic heterocycles. The molecule has 1 aliphatic rings. The summed E-state index contributed by atoms with van der Waals surface area (Å²) >= 11 is 0. The summed E-state index contributed by atoms with van der Waals surface area (Å²) < 4.78 is 0. The van der Waals surface area contributed by atoms with Crippen LogP contribution in [-0.2, 0) is 0 Å². The zero-order valence-electron chi connectivity index (χ0n) is 33.8. The molecule has 284 valence electrons. The molecule has 13 aromatic carbocycles. The van der Waals surface area contributed by atoms with E-state index in [0.717, 1.165) is 0 Å². The predicted molar refractivity (Wildman–Crippen MR) is 266 cm³/mol. The molecule has 0 spiro atoms. The first-order valence-corrected chi connectivity index (χ1v) is 21.7. The molecule has 1 aliphatic carbocycles. The average molecular weight is 781 g/mol. The summed E-state index contributed by atoms with van der Waals surface area (Å²) in [5.41, 5.74) is 15.2. The van der Waals surface area contributed by atoms with Crippen LogP contribution < -0.4 is 0 Å². The minimum absolute atomic E-state index is 1.21. The highest BCUT2D eigenvalue weighted by Gasteiger charge is 2.33. The Hall–Kier alpha value is -8.06. The van der Waals surface area contributed by atoms with Crippen LogP contribution in [0.25, 0.3) is 142 Å². The van der Waals surface area contributed by atoms with Crippen LogP contribution in [0, 0.1) is 0 Å². The van der Waals surface area contributed by atoms with E-state index >= 15 is 0 Å². The second kappa shape index (κ2) is 12.7. The second-order valence-corrected chi connectivity index (χ2v) is 17.1. The molecule has 0 fully saturated rings. The van der Waals surface area contributed by atoms with Gasteiger partial charge in [0, 0.05) is 0 Å². The molecule has 13 aromatic rings. The minimum Gasteiger partial charge on any atom is -0.0622 e.